The molecule has 3 nitrogen and oxygen atoms in total. The Morgan fingerprint density at radius 2 is 2.12 bits per heavy atom. The van der Waals surface area contributed by atoms with E-state index < -0.39 is 0 Å². The van der Waals surface area contributed by atoms with E-state index in [1.165, 1.54) is 5.69 Å². The van der Waals surface area contributed by atoms with Gasteiger partial charge in [-0.2, -0.15) is 0 Å². The highest BCUT2D eigenvalue weighted by Gasteiger charge is 2.12. The normalized spacial score (nSPS) is 12.6. The molecule has 0 fully saturated rings. The first kappa shape index (κ1) is 11.9. The molecule has 0 amide bonds. The molecular weight excluding hydrogens is 210 g/mol. The lowest BCUT2D eigenvalue weighted by molar-refractivity contribution is 0.688. The Morgan fingerprint density at radius 3 is 2.82 bits per heavy atom. The third-order valence-electron chi connectivity index (χ3n) is 3.26. The Hall–Kier alpha value is -1.61. The molecule has 0 aliphatic rings. The van der Waals surface area contributed by atoms with Gasteiger partial charge in [-0.3, -0.25) is 0 Å². The van der Waals surface area contributed by atoms with Crippen LogP contribution in [0.4, 0.5) is 0 Å². The average Bonchev–Trinajstić information content (AvgIpc) is 2.86. The van der Waals surface area contributed by atoms with E-state index in [0.29, 0.717) is 12.5 Å². The second-order valence-corrected chi connectivity index (χ2v) is 4.33. The minimum absolute atomic E-state index is 0.503. The SMILES string of the molecule is CCC(C)c1cncn1-c1ccccc1CN. The second kappa shape index (κ2) is 5.15. The highest BCUT2D eigenvalue weighted by Crippen LogP contribution is 2.23. The fraction of sp³-hybridized carbons (Fsp3) is 0.357. The van der Waals surface area contributed by atoms with Crippen molar-refractivity contribution in [1.82, 2.24) is 9.55 Å². The molecule has 1 unspecified atom stereocenters. The maximum atomic E-state index is 5.78. The smallest absolute Gasteiger partial charge is 0.0994 e. The van der Waals surface area contributed by atoms with Crippen molar-refractivity contribution in [2.75, 3.05) is 0 Å². The highest BCUT2D eigenvalue weighted by molar-refractivity contribution is 5.42. The number of hydrogen-bond acceptors (Lipinski definition) is 2. The molecule has 17 heavy (non-hydrogen) atoms. The summed E-state index contributed by atoms with van der Waals surface area (Å²) < 4.78 is 2.15. The molecule has 0 aliphatic heterocycles. The Balaban J connectivity index is 2.49. The van der Waals surface area contributed by atoms with E-state index in [1.807, 2.05) is 24.7 Å². The zero-order valence-electron chi connectivity index (χ0n) is 10.4. The van der Waals surface area contributed by atoms with Gasteiger partial charge in [0.1, 0.15) is 0 Å². The standard InChI is InChI=1S/C14H19N3/c1-3-11(2)14-9-16-10-17(14)13-7-5-4-6-12(13)8-15/h4-7,9-11H,3,8,15H2,1-2H3. The van der Waals surface area contributed by atoms with Crippen LogP contribution in [0.1, 0.15) is 37.4 Å². The van der Waals surface area contributed by atoms with Gasteiger partial charge in [0, 0.05) is 18.4 Å². The second-order valence-electron chi connectivity index (χ2n) is 4.33. The van der Waals surface area contributed by atoms with Gasteiger partial charge in [0.25, 0.3) is 0 Å². The summed E-state index contributed by atoms with van der Waals surface area (Å²) in [6.07, 6.45) is 4.92. The molecular formula is C14H19N3. The molecule has 1 heterocycles. The van der Waals surface area contributed by atoms with Gasteiger partial charge in [0.15, 0.2) is 0 Å². The topological polar surface area (TPSA) is 43.8 Å². The molecule has 0 saturated heterocycles. The van der Waals surface area contributed by atoms with E-state index in [2.05, 4.69) is 35.5 Å². The van der Waals surface area contributed by atoms with Crippen LogP contribution >= 0.6 is 0 Å². The summed E-state index contributed by atoms with van der Waals surface area (Å²) in [6.45, 7) is 4.96. The van der Waals surface area contributed by atoms with Crippen LogP contribution in [0.5, 0.6) is 0 Å². The van der Waals surface area contributed by atoms with Gasteiger partial charge in [-0.1, -0.05) is 32.0 Å². The molecule has 3 heteroatoms. The molecule has 1 aromatic heterocycles. The van der Waals surface area contributed by atoms with Gasteiger partial charge in [-0.25, -0.2) is 4.98 Å². The summed E-state index contributed by atoms with van der Waals surface area (Å²) in [4.78, 5) is 4.27. The number of imidazole rings is 1. The van der Waals surface area contributed by atoms with Gasteiger partial charge in [-0.15, -0.1) is 0 Å². The molecule has 1 atom stereocenters. The molecule has 2 aromatic rings. The molecule has 0 saturated carbocycles. The van der Waals surface area contributed by atoms with Crippen molar-refractivity contribution in [3.05, 3.63) is 48.0 Å². The average molecular weight is 229 g/mol. The largest absolute Gasteiger partial charge is 0.326 e. The van der Waals surface area contributed by atoms with Crippen molar-refractivity contribution in [2.45, 2.75) is 32.7 Å². The number of hydrogen-bond donors (Lipinski definition) is 1. The Bertz CT molecular complexity index is 488. The molecule has 0 bridgehead atoms. The summed E-state index contributed by atoms with van der Waals surface area (Å²) in [5.74, 6) is 0.503. The molecule has 0 aliphatic carbocycles. The fourth-order valence-corrected chi connectivity index (χ4v) is 2.00. The van der Waals surface area contributed by atoms with Crippen LogP contribution < -0.4 is 5.73 Å². The van der Waals surface area contributed by atoms with Crippen LogP contribution in [-0.2, 0) is 6.54 Å². The van der Waals surface area contributed by atoms with Crippen LogP contribution in [0, 0.1) is 0 Å². The Morgan fingerprint density at radius 1 is 1.35 bits per heavy atom. The third-order valence-corrected chi connectivity index (χ3v) is 3.26. The molecule has 1 aromatic carbocycles. The Labute approximate surface area is 102 Å². The van der Waals surface area contributed by atoms with Crippen molar-refractivity contribution >= 4 is 0 Å². The van der Waals surface area contributed by atoms with Crippen LogP contribution in [0.25, 0.3) is 5.69 Å². The first-order valence-electron chi connectivity index (χ1n) is 6.08. The first-order valence-corrected chi connectivity index (χ1v) is 6.08. The summed E-state index contributed by atoms with van der Waals surface area (Å²) in [5, 5.41) is 0. The van der Waals surface area contributed by atoms with Crippen LogP contribution in [-0.4, -0.2) is 9.55 Å². The van der Waals surface area contributed by atoms with Crippen LogP contribution in [0.2, 0.25) is 0 Å². The number of benzene rings is 1. The van der Waals surface area contributed by atoms with Gasteiger partial charge in [0.05, 0.1) is 12.0 Å². The van der Waals surface area contributed by atoms with Gasteiger partial charge in [0.2, 0.25) is 0 Å². The van der Waals surface area contributed by atoms with E-state index in [1.54, 1.807) is 0 Å². The molecule has 0 spiro atoms. The molecule has 0 radical (unpaired) electrons. The van der Waals surface area contributed by atoms with Crippen LogP contribution in [0.15, 0.2) is 36.8 Å². The Kier molecular flexibility index (Phi) is 3.59. The monoisotopic (exact) mass is 229 g/mol. The zero-order valence-corrected chi connectivity index (χ0v) is 10.4. The van der Waals surface area contributed by atoms with Crippen molar-refractivity contribution in [3.8, 4) is 5.69 Å². The van der Waals surface area contributed by atoms with E-state index >= 15 is 0 Å². The third kappa shape index (κ3) is 2.24. The predicted octanol–water partition coefficient (Wildman–Crippen LogP) is 2.84. The summed E-state index contributed by atoms with van der Waals surface area (Å²) in [6, 6.07) is 8.21. The maximum Gasteiger partial charge on any atom is 0.0994 e. The van der Waals surface area contributed by atoms with E-state index in [4.69, 9.17) is 5.73 Å². The highest BCUT2D eigenvalue weighted by atomic mass is 15.1. The van der Waals surface area contributed by atoms with E-state index in [0.717, 1.165) is 17.7 Å². The summed E-state index contributed by atoms with van der Waals surface area (Å²) >= 11 is 0. The molecule has 2 N–H and O–H groups in total. The van der Waals surface area contributed by atoms with Crippen LogP contribution in [0.3, 0.4) is 0 Å². The van der Waals surface area contributed by atoms with E-state index in [9.17, 15) is 0 Å². The first-order chi connectivity index (χ1) is 8.27. The van der Waals surface area contributed by atoms with Gasteiger partial charge >= 0.3 is 0 Å². The number of rotatable bonds is 4. The number of aromatic nitrogens is 2. The van der Waals surface area contributed by atoms with Gasteiger partial charge in [-0.05, 0) is 24.0 Å². The summed E-state index contributed by atoms with van der Waals surface area (Å²) in [7, 11) is 0. The van der Waals surface area contributed by atoms with Gasteiger partial charge < -0.3 is 10.3 Å². The van der Waals surface area contributed by atoms with Crippen molar-refractivity contribution < 1.29 is 0 Å². The van der Waals surface area contributed by atoms with Crippen molar-refractivity contribution in [3.63, 3.8) is 0 Å². The fourth-order valence-electron chi connectivity index (χ4n) is 2.00. The molecule has 2 rings (SSSR count). The minimum atomic E-state index is 0.503. The van der Waals surface area contributed by atoms with Crippen molar-refractivity contribution in [1.29, 1.82) is 0 Å². The number of nitrogens with zero attached hydrogens (tertiary/aromatic N) is 2. The lowest BCUT2D eigenvalue weighted by Crippen LogP contribution is -2.07. The maximum absolute atomic E-state index is 5.78. The predicted molar refractivity (Wildman–Crippen MR) is 70.2 cm³/mol. The number of nitrogens with two attached hydrogens (primary N) is 1. The van der Waals surface area contributed by atoms with E-state index in [-0.39, 0.29) is 0 Å². The minimum Gasteiger partial charge on any atom is -0.326 e. The zero-order chi connectivity index (χ0) is 12.3. The summed E-state index contributed by atoms with van der Waals surface area (Å²) in [5.41, 5.74) is 9.32. The number of para-hydroxylation sites is 1. The quantitative estimate of drug-likeness (QED) is 0.876. The lowest BCUT2D eigenvalue weighted by Gasteiger charge is -2.15. The van der Waals surface area contributed by atoms with Crippen molar-refractivity contribution in [2.24, 2.45) is 5.73 Å². The molecule has 90 valence electrons. The lowest BCUT2D eigenvalue weighted by atomic mass is 10.1.